The van der Waals surface area contributed by atoms with Crippen molar-refractivity contribution in [3.63, 3.8) is 0 Å². The Morgan fingerprint density at radius 2 is 0.745 bits per heavy atom. The van der Waals surface area contributed by atoms with E-state index in [0.717, 1.165) is 39.4 Å². The van der Waals surface area contributed by atoms with Gasteiger partial charge in [-0.05, 0) is 130 Å². The summed E-state index contributed by atoms with van der Waals surface area (Å²) < 4.78 is 0. The van der Waals surface area contributed by atoms with Crippen LogP contribution in [0.1, 0.15) is 11.1 Å². The van der Waals surface area contributed by atoms with Crippen LogP contribution in [-0.4, -0.2) is 9.85 Å². The van der Waals surface area contributed by atoms with Crippen LogP contribution >= 0.6 is 0 Å². The Labute approximate surface area is 268 Å². The predicted octanol–water partition coefficient (Wildman–Crippen LogP) is 11.0. The van der Waals surface area contributed by atoms with Crippen LogP contribution < -0.4 is 0 Å². The lowest BCUT2D eigenvalue weighted by Crippen LogP contribution is -1.90. The Kier molecular flexibility index (Phi) is 5.77. The average molecular weight is 609 g/mol. The van der Waals surface area contributed by atoms with Crippen molar-refractivity contribution >= 4 is 54.5 Å². The summed E-state index contributed by atoms with van der Waals surface area (Å²) in [6, 6.07) is 43.8. The van der Waals surface area contributed by atoms with E-state index < -0.39 is 0 Å². The maximum atomic E-state index is 11.2. The largest absolute Gasteiger partial charge is 0.269 e. The number of rotatable bonds is 4. The van der Waals surface area contributed by atoms with Crippen LogP contribution in [0.2, 0.25) is 0 Å². The third kappa shape index (κ3) is 4.05. The van der Waals surface area contributed by atoms with Crippen LogP contribution in [0.25, 0.3) is 76.5 Å². The minimum Gasteiger partial charge on any atom is -0.258 e. The Balaban J connectivity index is 1.28. The van der Waals surface area contributed by atoms with Gasteiger partial charge in [-0.3, -0.25) is 20.2 Å². The van der Waals surface area contributed by atoms with E-state index in [1.165, 1.54) is 54.6 Å². The third-order valence-electron chi connectivity index (χ3n) is 9.69. The molecule has 6 nitrogen and oxygen atoms in total. The lowest BCUT2D eigenvalue weighted by atomic mass is 9.87. The molecule has 0 bridgehead atoms. The van der Waals surface area contributed by atoms with Crippen LogP contribution in [0.4, 0.5) is 11.4 Å². The molecule has 0 aliphatic heterocycles. The van der Waals surface area contributed by atoms with E-state index in [1.807, 2.05) is 24.3 Å². The van der Waals surface area contributed by atoms with E-state index in [-0.39, 0.29) is 21.2 Å². The minimum atomic E-state index is -0.372. The summed E-state index contributed by atoms with van der Waals surface area (Å²) in [6.07, 6.45) is 0.793. The van der Waals surface area contributed by atoms with Gasteiger partial charge >= 0.3 is 0 Å². The van der Waals surface area contributed by atoms with Gasteiger partial charge in [-0.1, -0.05) is 72.8 Å². The number of nitro benzene ring substituents is 2. The van der Waals surface area contributed by atoms with Gasteiger partial charge in [0.25, 0.3) is 11.4 Å². The molecular weight excluding hydrogens is 584 g/mol. The maximum Gasteiger partial charge on any atom is 0.269 e. The summed E-state index contributed by atoms with van der Waals surface area (Å²) in [5, 5.41) is 32.0. The van der Waals surface area contributed by atoms with Crippen molar-refractivity contribution in [2.75, 3.05) is 0 Å². The van der Waals surface area contributed by atoms with Crippen molar-refractivity contribution in [2.24, 2.45) is 0 Å². The second-order valence-corrected chi connectivity index (χ2v) is 12.1. The maximum absolute atomic E-state index is 11.2. The molecular formula is C41H24N2O4. The predicted molar refractivity (Wildman–Crippen MR) is 189 cm³/mol. The molecule has 0 saturated heterocycles. The first-order valence-corrected chi connectivity index (χ1v) is 15.4. The van der Waals surface area contributed by atoms with Crippen LogP contribution in [0.3, 0.4) is 0 Å². The summed E-state index contributed by atoms with van der Waals surface area (Å²) in [5.74, 6) is 0. The van der Waals surface area contributed by atoms with Crippen LogP contribution in [-0.2, 0) is 6.42 Å². The molecule has 6 heteroatoms. The highest BCUT2D eigenvalue weighted by molar-refractivity contribution is 6.25. The van der Waals surface area contributed by atoms with E-state index >= 15 is 0 Å². The SMILES string of the molecule is O=[N+]([O-])c1ccc(-c2ccc3c4c(c5ccccc5c3c2)-c2c(c3ccc(-c5ccc([N+](=O)[O-])cc5)cc3c3ccccc23)C4)cc1. The van der Waals surface area contributed by atoms with Crippen molar-refractivity contribution < 1.29 is 9.85 Å². The molecule has 0 radical (unpaired) electrons. The zero-order valence-corrected chi connectivity index (χ0v) is 24.9. The Morgan fingerprint density at radius 3 is 1.13 bits per heavy atom. The summed E-state index contributed by atoms with van der Waals surface area (Å²) in [4.78, 5) is 21.7. The summed E-state index contributed by atoms with van der Waals surface area (Å²) in [5.41, 5.74) is 9.24. The fraction of sp³-hybridized carbons (Fsp3) is 0.0244. The molecule has 222 valence electrons. The van der Waals surface area contributed by atoms with Gasteiger partial charge in [0.2, 0.25) is 0 Å². The number of nitro groups is 2. The Hall–Kier alpha value is -6.40. The van der Waals surface area contributed by atoms with E-state index in [9.17, 15) is 20.2 Å². The van der Waals surface area contributed by atoms with Gasteiger partial charge in [0.05, 0.1) is 9.85 Å². The number of hydrogen-bond donors (Lipinski definition) is 0. The highest BCUT2D eigenvalue weighted by atomic mass is 16.6. The van der Waals surface area contributed by atoms with Gasteiger partial charge < -0.3 is 0 Å². The van der Waals surface area contributed by atoms with Gasteiger partial charge in [0, 0.05) is 24.3 Å². The highest BCUT2D eigenvalue weighted by Gasteiger charge is 2.28. The molecule has 0 amide bonds. The summed E-state index contributed by atoms with van der Waals surface area (Å²) in [6.45, 7) is 0. The van der Waals surface area contributed by atoms with Crippen LogP contribution in [0.5, 0.6) is 0 Å². The quantitative estimate of drug-likeness (QED) is 0.113. The van der Waals surface area contributed by atoms with Gasteiger partial charge in [0.15, 0.2) is 0 Å². The van der Waals surface area contributed by atoms with E-state index in [4.69, 9.17) is 0 Å². The summed E-state index contributed by atoms with van der Waals surface area (Å²) in [7, 11) is 0. The zero-order valence-electron chi connectivity index (χ0n) is 24.9. The number of hydrogen-bond acceptors (Lipinski definition) is 4. The van der Waals surface area contributed by atoms with Crippen molar-refractivity contribution in [2.45, 2.75) is 6.42 Å². The van der Waals surface area contributed by atoms with Crippen molar-refractivity contribution in [1.82, 2.24) is 0 Å². The third-order valence-corrected chi connectivity index (χ3v) is 9.69. The normalized spacial score (nSPS) is 12.1. The lowest BCUT2D eigenvalue weighted by molar-refractivity contribution is -0.385. The number of nitrogens with zero attached hydrogens (tertiary/aromatic N) is 2. The second kappa shape index (κ2) is 10.1. The van der Waals surface area contributed by atoms with Gasteiger partial charge in [-0.15, -0.1) is 0 Å². The van der Waals surface area contributed by atoms with Crippen molar-refractivity contribution in [3.8, 4) is 33.4 Å². The summed E-state index contributed by atoms with van der Waals surface area (Å²) >= 11 is 0. The second-order valence-electron chi connectivity index (χ2n) is 12.1. The molecule has 0 saturated carbocycles. The molecule has 1 aliphatic carbocycles. The molecule has 8 aromatic carbocycles. The van der Waals surface area contributed by atoms with Gasteiger partial charge in [-0.2, -0.15) is 0 Å². The average Bonchev–Trinajstić information content (AvgIpc) is 3.53. The van der Waals surface area contributed by atoms with E-state index in [2.05, 4.69) is 84.9 Å². The Bertz CT molecular complexity index is 2460. The first-order chi connectivity index (χ1) is 23.0. The molecule has 0 N–H and O–H groups in total. The Morgan fingerprint density at radius 1 is 0.383 bits per heavy atom. The standard InChI is InChI=1S/C41H24N2O4/c44-42(45)28-15-9-24(10-16-28)26-13-19-32-36(21-26)30-5-1-3-7-34(30)40-38(32)23-39-33-20-14-27(25-11-17-29(18-12-25)43(46)47)22-37(33)31-6-2-4-8-35(31)41(39)40/h1-22H,23H2. The smallest absolute Gasteiger partial charge is 0.258 e. The topological polar surface area (TPSA) is 86.3 Å². The molecule has 0 aromatic heterocycles. The lowest BCUT2D eigenvalue weighted by Gasteiger charge is -2.16. The van der Waals surface area contributed by atoms with Gasteiger partial charge in [-0.25, -0.2) is 0 Å². The molecule has 1 aliphatic rings. The zero-order chi connectivity index (χ0) is 31.8. The molecule has 9 rings (SSSR count). The first kappa shape index (κ1) is 27.0. The first-order valence-electron chi connectivity index (χ1n) is 15.4. The molecule has 8 aromatic rings. The van der Waals surface area contributed by atoms with Crippen molar-refractivity contribution in [3.05, 3.63) is 165 Å². The van der Waals surface area contributed by atoms with E-state index in [0.29, 0.717) is 0 Å². The molecule has 47 heavy (non-hydrogen) atoms. The number of benzene rings is 8. The van der Waals surface area contributed by atoms with E-state index in [1.54, 1.807) is 24.3 Å². The molecule has 0 spiro atoms. The fourth-order valence-corrected chi connectivity index (χ4v) is 7.55. The van der Waals surface area contributed by atoms with Crippen LogP contribution in [0, 0.1) is 20.2 Å². The molecule has 0 fully saturated rings. The monoisotopic (exact) mass is 608 g/mol. The minimum absolute atomic E-state index is 0.0786. The molecule has 0 atom stereocenters. The molecule has 0 heterocycles. The highest BCUT2D eigenvalue weighted by Crippen LogP contribution is 2.52. The molecule has 0 unspecified atom stereocenters. The van der Waals surface area contributed by atoms with Crippen LogP contribution in [0.15, 0.2) is 133 Å². The fourth-order valence-electron chi connectivity index (χ4n) is 7.55. The van der Waals surface area contributed by atoms with Crippen molar-refractivity contribution in [1.29, 1.82) is 0 Å². The van der Waals surface area contributed by atoms with Gasteiger partial charge in [0.1, 0.15) is 0 Å². The number of non-ortho nitro benzene ring substituents is 2. The number of fused-ring (bicyclic) bond motifs is 13.